The SMILES string of the molecule is Cc1cc(-c2ccncc2)cc2ccccc12. The summed E-state index contributed by atoms with van der Waals surface area (Å²) < 4.78 is 0. The zero-order chi connectivity index (χ0) is 11.7. The summed E-state index contributed by atoms with van der Waals surface area (Å²) in [4.78, 5) is 4.06. The average Bonchev–Trinajstić information content (AvgIpc) is 2.40. The summed E-state index contributed by atoms with van der Waals surface area (Å²) in [6.45, 7) is 2.16. The number of rotatable bonds is 1. The van der Waals surface area contributed by atoms with Gasteiger partial charge in [-0.05, 0) is 52.6 Å². The molecule has 0 saturated carbocycles. The Bertz CT molecular complexity index is 657. The molecular formula is C16H13N. The molecule has 0 N–H and O–H groups in total. The third-order valence-electron chi connectivity index (χ3n) is 3.08. The summed E-state index contributed by atoms with van der Waals surface area (Å²) in [6.07, 6.45) is 3.67. The molecule has 0 atom stereocenters. The van der Waals surface area contributed by atoms with Gasteiger partial charge in [-0.1, -0.05) is 30.3 Å². The third kappa shape index (κ3) is 1.80. The second-order valence-electron chi connectivity index (χ2n) is 4.25. The normalized spacial score (nSPS) is 10.6. The smallest absolute Gasteiger partial charge is 0.0273 e. The lowest BCUT2D eigenvalue weighted by atomic mass is 9.98. The molecule has 0 aliphatic heterocycles. The van der Waals surface area contributed by atoms with Gasteiger partial charge in [-0.25, -0.2) is 0 Å². The van der Waals surface area contributed by atoms with E-state index in [4.69, 9.17) is 0 Å². The molecule has 3 aromatic rings. The van der Waals surface area contributed by atoms with E-state index in [1.165, 1.54) is 27.5 Å². The highest BCUT2D eigenvalue weighted by Crippen LogP contribution is 2.26. The van der Waals surface area contributed by atoms with Crippen LogP contribution in [-0.2, 0) is 0 Å². The monoisotopic (exact) mass is 219 g/mol. The van der Waals surface area contributed by atoms with E-state index >= 15 is 0 Å². The number of nitrogens with zero attached hydrogens (tertiary/aromatic N) is 1. The van der Waals surface area contributed by atoms with E-state index in [2.05, 4.69) is 48.3 Å². The molecule has 0 unspecified atom stereocenters. The molecule has 0 saturated heterocycles. The van der Waals surface area contributed by atoms with Crippen molar-refractivity contribution < 1.29 is 0 Å². The van der Waals surface area contributed by atoms with Crippen LogP contribution >= 0.6 is 0 Å². The molecule has 82 valence electrons. The predicted octanol–water partition coefficient (Wildman–Crippen LogP) is 4.21. The molecule has 0 radical (unpaired) electrons. The van der Waals surface area contributed by atoms with Crippen LogP contribution in [0.4, 0.5) is 0 Å². The molecule has 0 spiro atoms. The summed E-state index contributed by atoms with van der Waals surface area (Å²) >= 11 is 0. The fraction of sp³-hybridized carbons (Fsp3) is 0.0625. The first-order valence-corrected chi connectivity index (χ1v) is 5.74. The second-order valence-corrected chi connectivity index (χ2v) is 4.25. The van der Waals surface area contributed by atoms with Crippen molar-refractivity contribution in [1.29, 1.82) is 0 Å². The second kappa shape index (κ2) is 4.02. The van der Waals surface area contributed by atoms with Crippen LogP contribution in [0.1, 0.15) is 5.56 Å². The largest absolute Gasteiger partial charge is 0.265 e. The van der Waals surface area contributed by atoms with Crippen LogP contribution in [0.2, 0.25) is 0 Å². The first-order chi connectivity index (χ1) is 8.34. The number of fused-ring (bicyclic) bond motifs is 1. The van der Waals surface area contributed by atoms with E-state index in [0.29, 0.717) is 0 Å². The Kier molecular flexibility index (Phi) is 2.37. The molecule has 0 fully saturated rings. The van der Waals surface area contributed by atoms with E-state index in [1.54, 1.807) is 0 Å². The molecule has 0 aliphatic carbocycles. The highest BCUT2D eigenvalue weighted by molar-refractivity contribution is 5.90. The summed E-state index contributed by atoms with van der Waals surface area (Å²) in [5.41, 5.74) is 3.78. The Labute approximate surface area is 101 Å². The topological polar surface area (TPSA) is 12.9 Å². The third-order valence-corrected chi connectivity index (χ3v) is 3.08. The van der Waals surface area contributed by atoms with Crippen LogP contribution in [0.15, 0.2) is 60.9 Å². The number of aryl methyl sites for hydroxylation is 1. The maximum absolute atomic E-state index is 4.06. The zero-order valence-electron chi connectivity index (χ0n) is 9.72. The molecule has 2 aromatic carbocycles. The molecule has 1 heterocycles. The molecule has 17 heavy (non-hydrogen) atoms. The summed E-state index contributed by atoms with van der Waals surface area (Å²) in [7, 11) is 0. The lowest BCUT2D eigenvalue weighted by molar-refractivity contribution is 1.33. The Morgan fingerprint density at radius 2 is 1.59 bits per heavy atom. The van der Waals surface area contributed by atoms with Crippen LogP contribution in [0, 0.1) is 6.92 Å². The van der Waals surface area contributed by atoms with Gasteiger partial charge in [-0.3, -0.25) is 4.98 Å². The van der Waals surface area contributed by atoms with Crippen LogP contribution in [0.5, 0.6) is 0 Å². The molecule has 1 nitrogen and oxygen atoms in total. The van der Waals surface area contributed by atoms with Gasteiger partial charge in [0.15, 0.2) is 0 Å². The first kappa shape index (κ1) is 10.0. The van der Waals surface area contributed by atoms with Crippen LogP contribution in [0.25, 0.3) is 21.9 Å². The van der Waals surface area contributed by atoms with Crippen LogP contribution in [-0.4, -0.2) is 4.98 Å². The van der Waals surface area contributed by atoms with Crippen molar-refractivity contribution in [3.8, 4) is 11.1 Å². The standard InChI is InChI=1S/C16H13N/c1-12-10-15(13-6-8-17-9-7-13)11-14-4-2-3-5-16(12)14/h2-11H,1H3. The van der Waals surface area contributed by atoms with Gasteiger partial charge >= 0.3 is 0 Å². The van der Waals surface area contributed by atoms with E-state index in [-0.39, 0.29) is 0 Å². The minimum Gasteiger partial charge on any atom is -0.265 e. The Balaban J connectivity index is 2.26. The van der Waals surface area contributed by atoms with E-state index in [9.17, 15) is 0 Å². The number of benzene rings is 2. The van der Waals surface area contributed by atoms with Gasteiger partial charge < -0.3 is 0 Å². The highest BCUT2D eigenvalue weighted by atomic mass is 14.6. The molecule has 0 bridgehead atoms. The first-order valence-electron chi connectivity index (χ1n) is 5.74. The molecule has 0 aliphatic rings. The van der Waals surface area contributed by atoms with Crippen molar-refractivity contribution >= 4 is 10.8 Å². The van der Waals surface area contributed by atoms with Gasteiger partial charge in [-0.15, -0.1) is 0 Å². The molecular weight excluding hydrogens is 206 g/mol. The molecule has 1 heteroatoms. The lowest BCUT2D eigenvalue weighted by Crippen LogP contribution is -1.83. The van der Waals surface area contributed by atoms with Crippen molar-refractivity contribution in [2.75, 3.05) is 0 Å². The number of aromatic nitrogens is 1. The number of hydrogen-bond donors (Lipinski definition) is 0. The van der Waals surface area contributed by atoms with Crippen molar-refractivity contribution in [3.05, 3.63) is 66.5 Å². The minimum atomic E-state index is 1.22. The Hall–Kier alpha value is -2.15. The van der Waals surface area contributed by atoms with E-state index in [0.717, 1.165) is 0 Å². The average molecular weight is 219 g/mol. The molecule has 0 amide bonds. The minimum absolute atomic E-state index is 1.22. The highest BCUT2D eigenvalue weighted by Gasteiger charge is 2.02. The number of pyridine rings is 1. The lowest BCUT2D eigenvalue weighted by Gasteiger charge is -2.07. The quantitative estimate of drug-likeness (QED) is 0.597. The van der Waals surface area contributed by atoms with Gasteiger partial charge in [0.1, 0.15) is 0 Å². The Morgan fingerprint density at radius 3 is 2.41 bits per heavy atom. The van der Waals surface area contributed by atoms with Crippen molar-refractivity contribution in [2.45, 2.75) is 6.92 Å². The number of hydrogen-bond acceptors (Lipinski definition) is 1. The van der Waals surface area contributed by atoms with Gasteiger partial charge in [0.25, 0.3) is 0 Å². The fourth-order valence-electron chi connectivity index (χ4n) is 2.21. The summed E-state index contributed by atoms with van der Waals surface area (Å²) in [5.74, 6) is 0. The molecule has 1 aromatic heterocycles. The van der Waals surface area contributed by atoms with Gasteiger partial charge in [0.05, 0.1) is 0 Å². The zero-order valence-corrected chi connectivity index (χ0v) is 9.72. The van der Waals surface area contributed by atoms with Gasteiger partial charge in [0.2, 0.25) is 0 Å². The maximum Gasteiger partial charge on any atom is 0.0273 e. The van der Waals surface area contributed by atoms with Crippen molar-refractivity contribution in [2.24, 2.45) is 0 Å². The Morgan fingerprint density at radius 1 is 0.824 bits per heavy atom. The van der Waals surface area contributed by atoms with E-state index < -0.39 is 0 Å². The maximum atomic E-state index is 4.06. The van der Waals surface area contributed by atoms with Gasteiger partial charge in [0, 0.05) is 12.4 Å². The summed E-state index contributed by atoms with van der Waals surface area (Å²) in [5, 5.41) is 2.62. The van der Waals surface area contributed by atoms with Gasteiger partial charge in [-0.2, -0.15) is 0 Å². The fourth-order valence-corrected chi connectivity index (χ4v) is 2.21. The van der Waals surface area contributed by atoms with Crippen LogP contribution < -0.4 is 0 Å². The molecule has 3 rings (SSSR count). The van der Waals surface area contributed by atoms with Crippen LogP contribution in [0.3, 0.4) is 0 Å². The van der Waals surface area contributed by atoms with E-state index in [1.807, 2.05) is 24.5 Å². The van der Waals surface area contributed by atoms with Crippen molar-refractivity contribution in [3.63, 3.8) is 0 Å². The van der Waals surface area contributed by atoms with Crippen molar-refractivity contribution in [1.82, 2.24) is 4.98 Å². The predicted molar refractivity (Wildman–Crippen MR) is 71.9 cm³/mol. The summed E-state index contributed by atoms with van der Waals surface area (Å²) in [6, 6.07) is 17.1.